The molecule has 0 bridgehead atoms. The quantitative estimate of drug-likeness (QED) is 0.731. The van der Waals surface area contributed by atoms with Crippen LogP contribution in [0.1, 0.15) is 30.9 Å². The molecule has 5 heteroatoms. The van der Waals surface area contributed by atoms with E-state index in [4.69, 9.17) is 17.0 Å². The van der Waals surface area contributed by atoms with E-state index in [1.54, 1.807) is 0 Å². The number of piperidine rings is 1. The first kappa shape index (κ1) is 19.6. The molecule has 0 unspecified atom stereocenters. The summed E-state index contributed by atoms with van der Waals surface area (Å²) in [4.78, 5) is 2.35. The van der Waals surface area contributed by atoms with Crippen LogP contribution < -0.4 is 15.4 Å². The summed E-state index contributed by atoms with van der Waals surface area (Å²) in [5, 5.41) is 7.11. The lowest BCUT2D eigenvalue weighted by Crippen LogP contribution is -2.35. The van der Waals surface area contributed by atoms with E-state index in [1.165, 1.54) is 11.1 Å². The third-order valence-electron chi connectivity index (χ3n) is 4.96. The standard InChI is InChI=1S/C22H29N3OS/c1-3-17-4-8-19(9-5-17)24-22(27)23-16-18-6-10-20(11-7-18)26-21-12-14-25(2)15-13-21/h4-11,21H,3,12-16H2,1-2H3,(H2,23,24,27). The molecule has 1 fully saturated rings. The maximum absolute atomic E-state index is 6.10. The number of thiocarbonyl (C=S) groups is 1. The molecule has 0 saturated carbocycles. The Bertz CT molecular complexity index is 722. The molecule has 1 heterocycles. The maximum atomic E-state index is 6.10. The number of ether oxygens (including phenoxy) is 1. The molecule has 0 radical (unpaired) electrons. The fourth-order valence-electron chi connectivity index (χ4n) is 3.16. The highest BCUT2D eigenvalue weighted by Crippen LogP contribution is 2.19. The van der Waals surface area contributed by atoms with E-state index in [2.05, 4.69) is 78.0 Å². The van der Waals surface area contributed by atoms with Crippen molar-refractivity contribution < 1.29 is 4.74 Å². The summed E-state index contributed by atoms with van der Waals surface area (Å²) >= 11 is 5.39. The summed E-state index contributed by atoms with van der Waals surface area (Å²) in [6, 6.07) is 16.6. The van der Waals surface area contributed by atoms with Crippen LogP contribution in [-0.2, 0) is 13.0 Å². The van der Waals surface area contributed by atoms with Gasteiger partial charge in [-0.3, -0.25) is 0 Å². The van der Waals surface area contributed by atoms with E-state index in [9.17, 15) is 0 Å². The molecule has 0 atom stereocenters. The molecule has 0 aromatic heterocycles. The van der Waals surface area contributed by atoms with Crippen molar-refractivity contribution in [2.45, 2.75) is 38.8 Å². The molecule has 4 nitrogen and oxygen atoms in total. The van der Waals surface area contributed by atoms with Crippen LogP contribution in [0.5, 0.6) is 5.75 Å². The summed E-state index contributed by atoms with van der Waals surface area (Å²) in [5.41, 5.74) is 3.50. The Morgan fingerprint density at radius 2 is 1.67 bits per heavy atom. The highest BCUT2D eigenvalue weighted by molar-refractivity contribution is 7.80. The van der Waals surface area contributed by atoms with Gasteiger partial charge in [0.2, 0.25) is 0 Å². The monoisotopic (exact) mass is 383 g/mol. The Balaban J connectivity index is 1.43. The average molecular weight is 384 g/mol. The summed E-state index contributed by atoms with van der Waals surface area (Å²) in [6.07, 6.45) is 3.57. The molecule has 2 aromatic carbocycles. The molecule has 0 spiro atoms. The first-order valence-corrected chi connectivity index (χ1v) is 10.1. The second-order valence-electron chi connectivity index (χ2n) is 7.12. The van der Waals surface area contributed by atoms with Crippen molar-refractivity contribution in [3.05, 3.63) is 59.7 Å². The largest absolute Gasteiger partial charge is 0.490 e. The van der Waals surface area contributed by atoms with E-state index in [0.717, 1.165) is 43.8 Å². The first-order valence-electron chi connectivity index (χ1n) is 9.70. The number of hydrogen-bond donors (Lipinski definition) is 2. The van der Waals surface area contributed by atoms with Gasteiger partial charge in [0.05, 0.1) is 0 Å². The van der Waals surface area contributed by atoms with Crippen molar-refractivity contribution in [3.63, 3.8) is 0 Å². The minimum Gasteiger partial charge on any atom is -0.490 e. The van der Waals surface area contributed by atoms with Crippen LogP contribution in [-0.4, -0.2) is 36.3 Å². The lowest BCUT2D eigenvalue weighted by atomic mass is 10.1. The molecule has 0 aliphatic carbocycles. The summed E-state index contributed by atoms with van der Waals surface area (Å²) in [5.74, 6) is 0.949. The number of anilines is 1. The van der Waals surface area contributed by atoms with Crippen LogP contribution in [0.4, 0.5) is 5.69 Å². The fourth-order valence-corrected chi connectivity index (χ4v) is 3.35. The Kier molecular flexibility index (Phi) is 7.07. The molecule has 1 aliphatic rings. The fraction of sp³-hybridized carbons (Fsp3) is 0.409. The van der Waals surface area contributed by atoms with E-state index < -0.39 is 0 Å². The average Bonchev–Trinajstić information content (AvgIpc) is 2.70. The lowest BCUT2D eigenvalue weighted by molar-refractivity contribution is 0.114. The maximum Gasteiger partial charge on any atom is 0.171 e. The van der Waals surface area contributed by atoms with E-state index >= 15 is 0 Å². The number of rotatable bonds is 6. The number of benzene rings is 2. The van der Waals surface area contributed by atoms with Crippen LogP contribution in [0.25, 0.3) is 0 Å². The number of nitrogens with one attached hydrogen (secondary N) is 2. The van der Waals surface area contributed by atoms with Gasteiger partial charge in [-0.15, -0.1) is 0 Å². The molecule has 2 N–H and O–H groups in total. The van der Waals surface area contributed by atoms with Crippen LogP contribution in [0.3, 0.4) is 0 Å². The topological polar surface area (TPSA) is 36.5 Å². The van der Waals surface area contributed by atoms with E-state index in [-0.39, 0.29) is 0 Å². The number of nitrogens with zero attached hydrogens (tertiary/aromatic N) is 1. The third-order valence-corrected chi connectivity index (χ3v) is 5.21. The molecular weight excluding hydrogens is 354 g/mol. The zero-order chi connectivity index (χ0) is 19.1. The Labute approximate surface area is 167 Å². The van der Waals surface area contributed by atoms with Gasteiger partial charge in [0.25, 0.3) is 0 Å². The van der Waals surface area contributed by atoms with Crippen molar-refractivity contribution in [1.29, 1.82) is 0 Å². The van der Waals surface area contributed by atoms with Crippen LogP contribution in [0, 0.1) is 0 Å². The van der Waals surface area contributed by atoms with Gasteiger partial charge in [-0.25, -0.2) is 0 Å². The number of likely N-dealkylation sites (tertiary alicyclic amines) is 1. The summed E-state index contributed by atoms with van der Waals surface area (Å²) in [6.45, 7) is 5.06. The molecule has 144 valence electrons. The molecule has 1 aliphatic heterocycles. The molecule has 0 amide bonds. The van der Waals surface area contributed by atoms with Crippen molar-refractivity contribution in [2.24, 2.45) is 0 Å². The van der Waals surface area contributed by atoms with Gasteiger partial charge < -0.3 is 20.3 Å². The molecule has 3 rings (SSSR count). The Hall–Kier alpha value is -2.11. The minimum absolute atomic E-state index is 0.334. The second-order valence-corrected chi connectivity index (χ2v) is 7.53. The van der Waals surface area contributed by atoms with E-state index in [0.29, 0.717) is 17.8 Å². The van der Waals surface area contributed by atoms with Gasteiger partial charge in [0.1, 0.15) is 11.9 Å². The van der Waals surface area contributed by atoms with Crippen LogP contribution in [0.15, 0.2) is 48.5 Å². The highest BCUT2D eigenvalue weighted by atomic mass is 32.1. The van der Waals surface area contributed by atoms with Crippen LogP contribution in [0.2, 0.25) is 0 Å². The molecular formula is C22H29N3OS. The summed E-state index contributed by atoms with van der Waals surface area (Å²) < 4.78 is 6.10. The predicted octanol–water partition coefficient (Wildman–Crippen LogP) is 4.21. The van der Waals surface area contributed by atoms with Crippen molar-refractivity contribution in [1.82, 2.24) is 10.2 Å². The normalized spacial score (nSPS) is 15.3. The zero-order valence-electron chi connectivity index (χ0n) is 16.2. The SMILES string of the molecule is CCc1ccc(NC(=S)NCc2ccc(OC3CCN(C)CC3)cc2)cc1. The Morgan fingerprint density at radius 1 is 1.04 bits per heavy atom. The molecule has 1 saturated heterocycles. The van der Waals surface area contributed by atoms with Gasteiger partial charge >= 0.3 is 0 Å². The van der Waals surface area contributed by atoms with Crippen LogP contribution >= 0.6 is 12.2 Å². The smallest absolute Gasteiger partial charge is 0.171 e. The number of hydrogen-bond acceptors (Lipinski definition) is 3. The third kappa shape index (κ3) is 6.22. The van der Waals surface area contributed by atoms with Gasteiger partial charge in [-0.2, -0.15) is 0 Å². The van der Waals surface area contributed by atoms with Gasteiger partial charge in [-0.05, 0) is 73.9 Å². The Morgan fingerprint density at radius 3 is 2.30 bits per heavy atom. The zero-order valence-corrected chi connectivity index (χ0v) is 17.0. The van der Waals surface area contributed by atoms with Gasteiger partial charge in [-0.1, -0.05) is 31.2 Å². The second kappa shape index (κ2) is 9.72. The van der Waals surface area contributed by atoms with Crippen molar-refractivity contribution >= 4 is 23.0 Å². The molecule has 27 heavy (non-hydrogen) atoms. The highest BCUT2D eigenvalue weighted by Gasteiger charge is 2.17. The van der Waals surface area contributed by atoms with Crippen molar-refractivity contribution in [2.75, 3.05) is 25.5 Å². The minimum atomic E-state index is 0.334. The summed E-state index contributed by atoms with van der Waals surface area (Å²) in [7, 11) is 2.16. The predicted molar refractivity (Wildman–Crippen MR) is 116 cm³/mol. The lowest BCUT2D eigenvalue weighted by Gasteiger charge is -2.29. The first-order chi connectivity index (χ1) is 13.1. The van der Waals surface area contributed by atoms with Gasteiger partial charge in [0.15, 0.2) is 5.11 Å². The van der Waals surface area contributed by atoms with E-state index in [1.807, 2.05) is 0 Å². The molecule has 2 aromatic rings. The number of aryl methyl sites for hydroxylation is 1. The van der Waals surface area contributed by atoms with Gasteiger partial charge in [0, 0.05) is 25.3 Å². The van der Waals surface area contributed by atoms with Crippen molar-refractivity contribution in [3.8, 4) is 5.75 Å².